The number of halogens is 1. The van der Waals surface area contributed by atoms with Crippen molar-refractivity contribution >= 4 is 10.9 Å². The summed E-state index contributed by atoms with van der Waals surface area (Å²) in [5, 5.41) is 11.9. The number of nitrogens with zero attached hydrogens (tertiary/aromatic N) is 1. The van der Waals surface area contributed by atoms with Gasteiger partial charge in [0.05, 0.1) is 17.3 Å². The largest absolute Gasteiger partial charge is 0.387 e. The number of aliphatic hydroxyl groups is 1. The van der Waals surface area contributed by atoms with Crippen LogP contribution in [0.5, 0.6) is 0 Å². The minimum Gasteiger partial charge on any atom is -0.387 e. The van der Waals surface area contributed by atoms with Gasteiger partial charge >= 0.3 is 0 Å². The number of alkyl halides is 1. The molecule has 2 N–H and O–H groups in total. The highest BCUT2D eigenvalue weighted by Gasteiger charge is 2.36. The van der Waals surface area contributed by atoms with Gasteiger partial charge in [0.25, 0.3) is 0 Å². The highest BCUT2D eigenvalue weighted by molar-refractivity contribution is 5.79. The number of rotatable bonds is 6. The van der Waals surface area contributed by atoms with E-state index in [1.165, 1.54) is 0 Å². The van der Waals surface area contributed by atoms with Crippen LogP contribution in [0.2, 0.25) is 0 Å². The molecular formula is C20H23FN2O. The minimum atomic E-state index is -1.41. The maximum absolute atomic E-state index is 13.8. The molecule has 0 saturated heterocycles. The summed E-state index contributed by atoms with van der Waals surface area (Å²) < 4.78 is 13.8. The molecule has 1 aromatic carbocycles. The molecule has 126 valence electrons. The van der Waals surface area contributed by atoms with Gasteiger partial charge in [0.1, 0.15) is 6.67 Å². The van der Waals surface area contributed by atoms with Crippen LogP contribution >= 0.6 is 0 Å². The predicted octanol–water partition coefficient (Wildman–Crippen LogP) is 4.17. The summed E-state index contributed by atoms with van der Waals surface area (Å²) in [4.78, 5) is 7.30. The van der Waals surface area contributed by atoms with Crippen LogP contribution in [0.15, 0.2) is 54.9 Å². The van der Waals surface area contributed by atoms with Crippen LogP contribution in [-0.4, -0.2) is 27.4 Å². The molecule has 0 aliphatic carbocycles. The molecule has 3 rings (SSSR count). The molecule has 0 radical (unpaired) electrons. The molecule has 2 heterocycles. The Morgan fingerprint density at radius 3 is 2.58 bits per heavy atom. The molecule has 0 fully saturated rings. The zero-order chi connectivity index (χ0) is 17.2. The first kappa shape index (κ1) is 16.7. The molecule has 24 heavy (non-hydrogen) atoms. The SMILES string of the molecule is CC(C)(CC(O)(CF)Cc1cc2ccncc2[nH]1)c1ccccc1. The van der Waals surface area contributed by atoms with Crippen LogP contribution in [0.25, 0.3) is 10.9 Å². The van der Waals surface area contributed by atoms with Crippen LogP contribution in [0.4, 0.5) is 4.39 Å². The third-order valence-corrected chi connectivity index (χ3v) is 4.57. The lowest BCUT2D eigenvalue weighted by atomic mass is 9.74. The Hall–Kier alpha value is -2.20. The van der Waals surface area contributed by atoms with Crippen LogP contribution in [0.1, 0.15) is 31.5 Å². The van der Waals surface area contributed by atoms with Crippen LogP contribution < -0.4 is 0 Å². The summed E-state index contributed by atoms with van der Waals surface area (Å²) in [5.41, 5.74) is 1.08. The Labute approximate surface area is 141 Å². The first-order valence-corrected chi connectivity index (χ1v) is 8.17. The van der Waals surface area contributed by atoms with Gasteiger partial charge < -0.3 is 10.1 Å². The van der Waals surface area contributed by atoms with E-state index in [-0.39, 0.29) is 11.8 Å². The fourth-order valence-corrected chi connectivity index (χ4v) is 3.45. The molecule has 0 saturated carbocycles. The van der Waals surface area contributed by atoms with Crippen molar-refractivity contribution in [2.45, 2.75) is 37.7 Å². The lowest BCUT2D eigenvalue weighted by Crippen LogP contribution is -2.40. The number of pyridine rings is 1. The van der Waals surface area contributed by atoms with Crippen molar-refractivity contribution in [2.24, 2.45) is 0 Å². The number of H-pyrrole nitrogens is 1. The van der Waals surface area contributed by atoms with Gasteiger partial charge in [-0.2, -0.15) is 0 Å². The molecule has 0 amide bonds. The molecule has 0 bridgehead atoms. The quantitative estimate of drug-likeness (QED) is 0.714. The van der Waals surface area contributed by atoms with E-state index in [4.69, 9.17) is 0 Å². The molecule has 4 heteroatoms. The van der Waals surface area contributed by atoms with E-state index in [0.717, 1.165) is 22.2 Å². The number of benzene rings is 1. The van der Waals surface area contributed by atoms with Gasteiger partial charge in [-0.3, -0.25) is 4.98 Å². The molecule has 3 aromatic rings. The van der Waals surface area contributed by atoms with Gasteiger partial charge in [-0.1, -0.05) is 44.2 Å². The summed E-state index contributed by atoms with van der Waals surface area (Å²) in [6.07, 6.45) is 4.05. The molecule has 3 nitrogen and oxygen atoms in total. The van der Waals surface area contributed by atoms with Gasteiger partial charge in [0.15, 0.2) is 0 Å². The van der Waals surface area contributed by atoms with E-state index in [0.29, 0.717) is 6.42 Å². The summed E-state index contributed by atoms with van der Waals surface area (Å²) >= 11 is 0. The first-order valence-electron chi connectivity index (χ1n) is 8.17. The molecule has 1 atom stereocenters. The predicted molar refractivity (Wildman–Crippen MR) is 94.8 cm³/mol. The summed E-state index contributed by atoms with van der Waals surface area (Å²) in [6.45, 7) is 3.30. The van der Waals surface area contributed by atoms with Crippen LogP contribution in [0.3, 0.4) is 0 Å². The molecular weight excluding hydrogens is 303 g/mol. The Bertz CT molecular complexity index is 780. The second kappa shape index (κ2) is 6.36. The first-order chi connectivity index (χ1) is 11.4. The number of hydrogen-bond acceptors (Lipinski definition) is 2. The normalized spacial score (nSPS) is 14.7. The fraction of sp³-hybridized carbons (Fsp3) is 0.350. The molecule has 2 aromatic heterocycles. The monoisotopic (exact) mass is 326 g/mol. The van der Waals surface area contributed by atoms with Gasteiger partial charge in [0.2, 0.25) is 0 Å². The molecule has 0 spiro atoms. The van der Waals surface area contributed by atoms with Crippen LogP contribution in [0, 0.1) is 0 Å². The molecule has 0 aliphatic heterocycles. The lowest BCUT2D eigenvalue weighted by molar-refractivity contribution is -0.00922. The highest BCUT2D eigenvalue weighted by Crippen LogP contribution is 2.34. The average Bonchev–Trinajstić information content (AvgIpc) is 2.97. The van der Waals surface area contributed by atoms with E-state index in [1.807, 2.05) is 56.3 Å². The van der Waals surface area contributed by atoms with Crippen molar-refractivity contribution in [3.63, 3.8) is 0 Å². The van der Waals surface area contributed by atoms with Crippen molar-refractivity contribution in [1.29, 1.82) is 0 Å². The van der Waals surface area contributed by atoms with Crippen molar-refractivity contribution < 1.29 is 9.50 Å². The standard InChI is InChI=1S/C20H23FN2O/c1-19(2,16-6-4-3-5-7-16)13-20(24,14-21)11-17-10-15-8-9-22-12-18(15)23-17/h3-10,12,23-24H,11,13-14H2,1-2H3. The number of fused-ring (bicyclic) bond motifs is 1. The topological polar surface area (TPSA) is 48.9 Å². The minimum absolute atomic E-state index is 0.244. The van der Waals surface area contributed by atoms with Crippen molar-refractivity contribution in [3.8, 4) is 0 Å². The Morgan fingerprint density at radius 2 is 1.92 bits per heavy atom. The number of aromatic amines is 1. The van der Waals surface area contributed by atoms with E-state index < -0.39 is 12.3 Å². The zero-order valence-electron chi connectivity index (χ0n) is 14.1. The van der Waals surface area contributed by atoms with Gasteiger partial charge in [-0.25, -0.2) is 4.39 Å². The number of aromatic nitrogens is 2. The maximum atomic E-state index is 13.8. The smallest absolute Gasteiger partial charge is 0.119 e. The summed E-state index contributed by atoms with van der Waals surface area (Å²) in [5.74, 6) is 0. The van der Waals surface area contributed by atoms with Gasteiger partial charge in [-0.15, -0.1) is 0 Å². The summed E-state index contributed by atoms with van der Waals surface area (Å²) in [6, 6.07) is 13.8. The van der Waals surface area contributed by atoms with Gasteiger partial charge in [0, 0.05) is 23.7 Å². The zero-order valence-corrected chi connectivity index (χ0v) is 14.1. The van der Waals surface area contributed by atoms with Gasteiger partial charge in [-0.05, 0) is 29.5 Å². The van der Waals surface area contributed by atoms with E-state index in [1.54, 1.807) is 12.4 Å². The molecule has 1 unspecified atom stereocenters. The third kappa shape index (κ3) is 3.49. The van der Waals surface area contributed by atoms with Crippen molar-refractivity contribution in [1.82, 2.24) is 9.97 Å². The number of hydrogen-bond donors (Lipinski definition) is 2. The Morgan fingerprint density at radius 1 is 1.17 bits per heavy atom. The van der Waals surface area contributed by atoms with E-state index in [2.05, 4.69) is 9.97 Å². The second-order valence-corrected chi connectivity index (χ2v) is 7.22. The second-order valence-electron chi connectivity index (χ2n) is 7.22. The average molecular weight is 326 g/mol. The van der Waals surface area contributed by atoms with Crippen molar-refractivity contribution in [3.05, 3.63) is 66.1 Å². The third-order valence-electron chi connectivity index (χ3n) is 4.57. The van der Waals surface area contributed by atoms with E-state index in [9.17, 15) is 9.50 Å². The van der Waals surface area contributed by atoms with E-state index >= 15 is 0 Å². The Balaban J connectivity index is 1.83. The van der Waals surface area contributed by atoms with Crippen LogP contribution in [-0.2, 0) is 11.8 Å². The highest BCUT2D eigenvalue weighted by atomic mass is 19.1. The Kier molecular flexibility index (Phi) is 4.41. The lowest BCUT2D eigenvalue weighted by Gasteiger charge is -2.35. The fourth-order valence-electron chi connectivity index (χ4n) is 3.45. The molecule has 0 aliphatic rings. The summed E-state index contributed by atoms with van der Waals surface area (Å²) in [7, 11) is 0. The maximum Gasteiger partial charge on any atom is 0.119 e. The number of nitrogens with one attached hydrogen (secondary N) is 1. The van der Waals surface area contributed by atoms with Crippen molar-refractivity contribution in [2.75, 3.05) is 6.67 Å².